The lowest BCUT2D eigenvalue weighted by atomic mass is 9.50. The van der Waals surface area contributed by atoms with Crippen LogP contribution in [-0.4, -0.2) is 53.1 Å². The smallest absolute Gasteiger partial charge is 0.457 e. The molecule has 0 spiro atoms. The van der Waals surface area contributed by atoms with Gasteiger partial charge in [-0.05, 0) is 69.6 Å². The molecule has 4 bridgehead atoms. The molecule has 0 aromatic carbocycles. The minimum absolute atomic E-state index is 0.148. The average molecular weight is 426 g/mol. The number of hydrogen-bond acceptors (Lipinski definition) is 7. The Balaban J connectivity index is 1.64. The maximum Gasteiger partial charge on any atom is 0.465 e. The maximum atomic E-state index is 13.2. The highest BCUT2D eigenvalue weighted by Gasteiger charge is 2.58. The first-order valence-electron chi connectivity index (χ1n) is 9.14. The van der Waals surface area contributed by atoms with E-state index in [9.17, 15) is 31.9 Å². The Hall–Kier alpha value is -1.33. The van der Waals surface area contributed by atoms with Crippen molar-refractivity contribution in [3.63, 3.8) is 0 Å². The summed E-state index contributed by atoms with van der Waals surface area (Å²) in [5.41, 5.74) is -3.25. The molecule has 0 heterocycles. The third-order valence-electron chi connectivity index (χ3n) is 6.56. The number of ether oxygens (including phenoxy) is 2. The van der Waals surface area contributed by atoms with Crippen LogP contribution in [0.5, 0.6) is 0 Å². The maximum absolute atomic E-state index is 13.2. The van der Waals surface area contributed by atoms with Gasteiger partial charge < -0.3 is 14.6 Å². The van der Waals surface area contributed by atoms with Gasteiger partial charge >= 0.3 is 27.3 Å². The first-order chi connectivity index (χ1) is 12.7. The third-order valence-corrected chi connectivity index (χ3v) is 7.37. The van der Waals surface area contributed by atoms with Crippen molar-refractivity contribution in [2.75, 3.05) is 6.61 Å². The van der Waals surface area contributed by atoms with E-state index in [4.69, 9.17) is 9.29 Å². The highest BCUT2D eigenvalue weighted by molar-refractivity contribution is 7.87. The van der Waals surface area contributed by atoms with E-state index in [1.807, 2.05) is 6.92 Å². The first kappa shape index (κ1) is 21.4. The summed E-state index contributed by atoms with van der Waals surface area (Å²) in [4.78, 5) is 23.8. The zero-order chi connectivity index (χ0) is 21.1. The van der Waals surface area contributed by atoms with Crippen LogP contribution in [0.15, 0.2) is 0 Å². The molecule has 0 aromatic rings. The minimum atomic E-state index is -6.04. The van der Waals surface area contributed by atoms with Crippen molar-refractivity contribution in [3.8, 4) is 0 Å². The van der Waals surface area contributed by atoms with Gasteiger partial charge in [-0.2, -0.15) is 17.2 Å². The quantitative estimate of drug-likeness (QED) is 0.483. The normalized spacial score (nSPS) is 36.6. The van der Waals surface area contributed by atoms with Gasteiger partial charge in [-0.15, -0.1) is 0 Å². The predicted octanol–water partition coefficient (Wildman–Crippen LogP) is 1.52. The summed E-state index contributed by atoms with van der Waals surface area (Å²) in [6, 6.07) is 0. The Kier molecular flexibility index (Phi) is 5.04. The molecule has 4 aliphatic carbocycles. The third kappa shape index (κ3) is 3.52. The van der Waals surface area contributed by atoms with E-state index in [-0.39, 0.29) is 11.8 Å². The van der Waals surface area contributed by atoms with Crippen LogP contribution in [0.1, 0.15) is 46.0 Å². The van der Waals surface area contributed by atoms with E-state index in [0.717, 1.165) is 32.6 Å². The molecule has 1 atom stereocenters. The molecule has 4 aliphatic rings. The van der Waals surface area contributed by atoms with Crippen LogP contribution in [0.25, 0.3) is 0 Å². The van der Waals surface area contributed by atoms with Crippen LogP contribution in [0.2, 0.25) is 0 Å². The SMILES string of the molecule is CC(O)(COC(=O)C(F)(F)S(=O)(=O)O)C(=O)OC1(C)C2CC3CC(C2)CC1C3. The van der Waals surface area contributed by atoms with Gasteiger partial charge in [0.15, 0.2) is 5.60 Å². The summed E-state index contributed by atoms with van der Waals surface area (Å²) in [6.45, 7) is 1.49. The Morgan fingerprint density at radius 2 is 1.54 bits per heavy atom. The van der Waals surface area contributed by atoms with Crippen LogP contribution >= 0.6 is 0 Å². The second-order valence-corrected chi connectivity index (χ2v) is 10.2. The van der Waals surface area contributed by atoms with E-state index < -0.39 is 45.1 Å². The highest BCUT2D eigenvalue weighted by Crippen LogP contribution is 2.59. The van der Waals surface area contributed by atoms with Crippen LogP contribution < -0.4 is 0 Å². The number of carbonyl (C=O) groups is 2. The van der Waals surface area contributed by atoms with E-state index in [1.165, 1.54) is 6.42 Å². The summed E-state index contributed by atoms with van der Waals surface area (Å²) in [6.07, 6.45) is 4.89. The number of carbonyl (C=O) groups excluding carboxylic acids is 2. The molecule has 0 saturated heterocycles. The molecule has 0 amide bonds. The highest BCUT2D eigenvalue weighted by atomic mass is 32.2. The Morgan fingerprint density at radius 3 is 1.96 bits per heavy atom. The summed E-state index contributed by atoms with van der Waals surface area (Å²) in [5.74, 6) is -2.21. The molecule has 0 aliphatic heterocycles. The van der Waals surface area contributed by atoms with E-state index in [1.54, 1.807) is 0 Å². The van der Waals surface area contributed by atoms with Crippen molar-refractivity contribution in [1.82, 2.24) is 0 Å². The average Bonchev–Trinajstić information content (AvgIpc) is 2.56. The predicted molar refractivity (Wildman–Crippen MR) is 89.6 cm³/mol. The zero-order valence-corrected chi connectivity index (χ0v) is 16.4. The van der Waals surface area contributed by atoms with Crippen molar-refractivity contribution in [1.29, 1.82) is 0 Å². The number of hydrogen-bond donors (Lipinski definition) is 2. The number of esters is 2. The fourth-order valence-corrected chi connectivity index (χ4v) is 5.32. The van der Waals surface area contributed by atoms with Crippen LogP contribution in [-0.2, 0) is 29.2 Å². The summed E-state index contributed by atoms with van der Waals surface area (Å²) in [5, 5.41) is 5.05. The lowest BCUT2D eigenvalue weighted by Gasteiger charge is -2.59. The van der Waals surface area contributed by atoms with Gasteiger partial charge in [0.25, 0.3) is 0 Å². The molecule has 0 radical (unpaired) electrons. The van der Waals surface area contributed by atoms with Gasteiger partial charge in [0.05, 0.1) is 0 Å². The lowest BCUT2D eigenvalue weighted by molar-refractivity contribution is -0.221. The van der Waals surface area contributed by atoms with Crippen molar-refractivity contribution in [3.05, 3.63) is 0 Å². The van der Waals surface area contributed by atoms with E-state index in [2.05, 4.69) is 4.74 Å². The molecule has 2 N–H and O–H groups in total. The van der Waals surface area contributed by atoms with Gasteiger partial charge in [0.1, 0.15) is 12.2 Å². The van der Waals surface area contributed by atoms with Crippen molar-refractivity contribution in [2.24, 2.45) is 23.7 Å². The molecule has 0 aromatic heterocycles. The largest absolute Gasteiger partial charge is 0.465 e. The fraction of sp³-hybridized carbons (Fsp3) is 0.882. The Labute approximate surface area is 161 Å². The van der Waals surface area contributed by atoms with Gasteiger partial charge in [0.2, 0.25) is 0 Å². The minimum Gasteiger partial charge on any atom is -0.457 e. The molecular weight excluding hydrogens is 402 g/mol. The second kappa shape index (κ2) is 6.60. The van der Waals surface area contributed by atoms with Crippen molar-refractivity contribution >= 4 is 22.1 Å². The molecule has 160 valence electrons. The van der Waals surface area contributed by atoms with Gasteiger partial charge in [-0.25, -0.2) is 9.59 Å². The van der Waals surface area contributed by atoms with Crippen LogP contribution in [0.3, 0.4) is 0 Å². The van der Waals surface area contributed by atoms with E-state index in [0.29, 0.717) is 11.8 Å². The molecule has 1 unspecified atom stereocenters. The van der Waals surface area contributed by atoms with Gasteiger partial charge in [0, 0.05) is 0 Å². The van der Waals surface area contributed by atoms with Crippen molar-refractivity contribution < 1.29 is 45.9 Å². The lowest BCUT2D eigenvalue weighted by Crippen LogP contribution is -2.60. The topological polar surface area (TPSA) is 127 Å². The Bertz CT molecular complexity index is 748. The molecule has 4 fully saturated rings. The summed E-state index contributed by atoms with van der Waals surface area (Å²) >= 11 is 0. The van der Waals surface area contributed by atoms with Gasteiger partial charge in [-0.1, -0.05) is 0 Å². The fourth-order valence-electron chi connectivity index (χ4n) is 5.05. The Morgan fingerprint density at radius 1 is 1.07 bits per heavy atom. The molecule has 28 heavy (non-hydrogen) atoms. The first-order valence-corrected chi connectivity index (χ1v) is 10.6. The van der Waals surface area contributed by atoms with E-state index >= 15 is 0 Å². The van der Waals surface area contributed by atoms with Gasteiger partial charge in [-0.3, -0.25) is 4.55 Å². The summed E-state index contributed by atoms with van der Waals surface area (Å²) < 4.78 is 65.6. The number of alkyl halides is 2. The molecule has 4 saturated carbocycles. The molecule has 8 nitrogen and oxygen atoms in total. The standard InChI is InChI=1S/C17H24F2O8S/c1-15(22,8-26-14(21)17(18,19)28(23,24)25)13(20)27-16(2)11-4-9-3-10(6-11)7-12(16)5-9/h9-12,22H,3-8H2,1-2H3,(H,23,24,25). The zero-order valence-electron chi connectivity index (χ0n) is 15.6. The van der Waals surface area contributed by atoms with Crippen LogP contribution in [0, 0.1) is 23.7 Å². The molecular formula is C17H24F2O8S. The number of halogens is 2. The van der Waals surface area contributed by atoms with Crippen LogP contribution in [0.4, 0.5) is 8.78 Å². The molecule has 11 heteroatoms. The number of rotatable bonds is 6. The summed E-state index contributed by atoms with van der Waals surface area (Å²) in [7, 11) is -6.04. The molecule has 4 rings (SSSR count). The monoisotopic (exact) mass is 426 g/mol. The van der Waals surface area contributed by atoms with Crippen molar-refractivity contribution in [2.45, 2.75) is 62.4 Å². The second-order valence-electron chi connectivity index (χ2n) is 8.72. The number of aliphatic hydroxyl groups is 1.